The second kappa shape index (κ2) is 7.24. The minimum atomic E-state index is -3.33. The lowest BCUT2D eigenvalue weighted by Gasteiger charge is -2.25. The third-order valence-electron chi connectivity index (χ3n) is 3.98. The Hall–Kier alpha value is -1.40. The Morgan fingerprint density at radius 3 is 2.68 bits per heavy atom. The number of nitrogens with zero attached hydrogens (tertiary/aromatic N) is 1. The van der Waals surface area contributed by atoms with Gasteiger partial charge in [0.25, 0.3) is 0 Å². The van der Waals surface area contributed by atoms with Gasteiger partial charge in [-0.25, -0.2) is 8.42 Å². The Labute approximate surface area is 132 Å². The third-order valence-corrected chi connectivity index (χ3v) is 6.06. The SMILES string of the molecule is CCCS(=O)(=O)N1CCC[C@H]1C(=O)N[C@@H](C)c1ccccc1. The third kappa shape index (κ3) is 3.87. The van der Waals surface area contributed by atoms with Crippen molar-refractivity contribution in [1.82, 2.24) is 9.62 Å². The highest BCUT2D eigenvalue weighted by molar-refractivity contribution is 7.89. The van der Waals surface area contributed by atoms with Crippen LogP contribution in [0.1, 0.15) is 44.7 Å². The van der Waals surface area contributed by atoms with Crippen LogP contribution in [0, 0.1) is 0 Å². The van der Waals surface area contributed by atoms with E-state index in [4.69, 9.17) is 0 Å². The van der Waals surface area contributed by atoms with E-state index >= 15 is 0 Å². The molecule has 0 bridgehead atoms. The van der Waals surface area contributed by atoms with E-state index in [1.807, 2.05) is 44.2 Å². The summed E-state index contributed by atoms with van der Waals surface area (Å²) < 4.78 is 25.9. The van der Waals surface area contributed by atoms with E-state index in [-0.39, 0.29) is 17.7 Å². The van der Waals surface area contributed by atoms with Gasteiger partial charge < -0.3 is 5.32 Å². The molecule has 1 aromatic rings. The summed E-state index contributed by atoms with van der Waals surface area (Å²) in [5, 5.41) is 2.94. The van der Waals surface area contributed by atoms with E-state index in [9.17, 15) is 13.2 Å². The van der Waals surface area contributed by atoms with Crippen LogP contribution in [0.2, 0.25) is 0 Å². The van der Waals surface area contributed by atoms with Crippen LogP contribution >= 0.6 is 0 Å². The first kappa shape index (κ1) is 17.0. The van der Waals surface area contributed by atoms with Crippen molar-refractivity contribution in [3.8, 4) is 0 Å². The second-order valence-corrected chi connectivity index (χ2v) is 7.77. The van der Waals surface area contributed by atoms with Crippen LogP contribution in [0.5, 0.6) is 0 Å². The zero-order chi connectivity index (χ0) is 16.2. The average molecular weight is 324 g/mol. The molecule has 2 atom stereocenters. The van der Waals surface area contributed by atoms with E-state index in [0.717, 1.165) is 12.0 Å². The summed E-state index contributed by atoms with van der Waals surface area (Å²) in [6.07, 6.45) is 1.89. The molecule has 6 heteroatoms. The second-order valence-electron chi connectivity index (χ2n) is 5.73. The summed E-state index contributed by atoms with van der Waals surface area (Å²) in [6, 6.07) is 8.97. The lowest BCUT2D eigenvalue weighted by molar-refractivity contribution is -0.124. The van der Waals surface area contributed by atoms with Crippen molar-refractivity contribution in [3.05, 3.63) is 35.9 Å². The van der Waals surface area contributed by atoms with Gasteiger partial charge in [-0.05, 0) is 31.7 Å². The number of rotatable bonds is 6. The number of carbonyl (C=O) groups excluding carboxylic acids is 1. The standard InChI is InChI=1S/C16H24N2O3S/c1-3-12-22(20,21)18-11-7-10-15(18)16(19)17-13(2)14-8-5-4-6-9-14/h4-6,8-9,13,15H,3,7,10-12H2,1-2H3,(H,17,19)/t13-,15-/m0/s1. The summed E-state index contributed by atoms with van der Waals surface area (Å²) in [5.41, 5.74) is 1.01. The Morgan fingerprint density at radius 1 is 1.36 bits per heavy atom. The molecule has 1 amide bonds. The van der Waals surface area contributed by atoms with E-state index in [1.165, 1.54) is 4.31 Å². The molecular weight excluding hydrogens is 300 g/mol. The quantitative estimate of drug-likeness (QED) is 0.871. The molecule has 0 spiro atoms. The average Bonchev–Trinajstić information content (AvgIpc) is 2.98. The fourth-order valence-corrected chi connectivity index (χ4v) is 4.59. The van der Waals surface area contributed by atoms with Gasteiger partial charge in [0.05, 0.1) is 11.8 Å². The van der Waals surface area contributed by atoms with Gasteiger partial charge >= 0.3 is 0 Å². The van der Waals surface area contributed by atoms with Crippen molar-refractivity contribution in [3.63, 3.8) is 0 Å². The maximum absolute atomic E-state index is 12.5. The van der Waals surface area contributed by atoms with Crippen molar-refractivity contribution < 1.29 is 13.2 Å². The van der Waals surface area contributed by atoms with Crippen LogP contribution in [-0.4, -0.2) is 37.0 Å². The molecule has 22 heavy (non-hydrogen) atoms. The molecule has 5 nitrogen and oxygen atoms in total. The fraction of sp³-hybridized carbons (Fsp3) is 0.562. The first-order chi connectivity index (χ1) is 10.5. The van der Waals surface area contributed by atoms with Crippen LogP contribution in [0.4, 0.5) is 0 Å². The molecule has 0 aromatic heterocycles. The van der Waals surface area contributed by atoms with Gasteiger partial charge in [0.2, 0.25) is 15.9 Å². The molecule has 2 rings (SSSR count). The summed E-state index contributed by atoms with van der Waals surface area (Å²) in [5.74, 6) is -0.0982. The van der Waals surface area contributed by atoms with Gasteiger partial charge in [-0.1, -0.05) is 37.3 Å². The lowest BCUT2D eigenvalue weighted by atomic mass is 10.1. The minimum Gasteiger partial charge on any atom is -0.348 e. The molecule has 122 valence electrons. The highest BCUT2D eigenvalue weighted by atomic mass is 32.2. The topological polar surface area (TPSA) is 66.5 Å². The van der Waals surface area contributed by atoms with Crippen LogP contribution in [-0.2, 0) is 14.8 Å². The predicted molar refractivity (Wildman–Crippen MR) is 86.8 cm³/mol. The highest BCUT2D eigenvalue weighted by Gasteiger charge is 2.38. The molecule has 0 saturated carbocycles. The van der Waals surface area contributed by atoms with Crippen LogP contribution < -0.4 is 5.32 Å². The van der Waals surface area contributed by atoms with Crippen LogP contribution in [0.15, 0.2) is 30.3 Å². The molecule has 1 aliphatic rings. The molecule has 1 fully saturated rings. The van der Waals surface area contributed by atoms with E-state index in [0.29, 0.717) is 19.4 Å². The highest BCUT2D eigenvalue weighted by Crippen LogP contribution is 2.23. The predicted octanol–water partition coefficient (Wildman–Crippen LogP) is 2.07. The molecule has 1 saturated heterocycles. The van der Waals surface area contributed by atoms with Gasteiger partial charge in [0.15, 0.2) is 0 Å². The summed E-state index contributed by atoms with van der Waals surface area (Å²) in [4.78, 5) is 12.5. The number of nitrogens with one attached hydrogen (secondary N) is 1. The molecular formula is C16H24N2O3S. The molecule has 1 N–H and O–H groups in total. The number of amides is 1. The van der Waals surface area contributed by atoms with Crippen molar-refractivity contribution in [2.45, 2.75) is 45.2 Å². The zero-order valence-electron chi connectivity index (χ0n) is 13.2. The Bertz CT molecular complexity index is 601. The maximum Gasteiger partial charge on any atom is 0.238 e. The maximum atomic E-state index is 12.5. The fourth-order valence-electron chi connectivity index (χ4n) is 2.84. The molecule has 1 aliphatic heterocycles. The Kier molecular flexibility index (Phi) is 5.58. The van der Waals surface area contributed by atoms with Gasteiger partial charge in [0, 0.05) is 6.54 Å². The number of carbonyl (C=O) groups is 1. The van der Waals surface area contributed by atoms with E-state index in [1.54, 1.807) is 0 Å². The van der Waals surface area contributed by atoms with Crippen molar-refractivity contribution in [2.75, 3.05) is 12.3 Å². The first-order valence-electron chi connectivity index (χ1n) is 7.80. The van der Waals surface area contributed by atoms with Gasteiger partial charge in [0.1, 0.15) is 6.04 Å². The number of benzene rings is 1. The van der Waals surface area contributed by atoms with E-state index in [2.05, 4.69) is 5.32 Å². The van der Waals surface area contributed by atoms with Crippen molar-refractivity contribution in [1.29, 1.82) is 0 Å². The molecule has 0 unspecified atom stereocenters. The number of hydrogen-bond acceptors (Lipinski definition) is 3. The smallest absolute Gasteiger partial charge is 0.238 e. The summed E-state index contributed by atoms with van der Waals surface area (Å²) >= 11 is 0. The van der Waals surface area contributed by atoms with Crippen molar-refractivity contribution in [2.24, 2.45) is 0 Å². The lowest BCUT2D eigenvalue weighted by Crippen LogP contribution is -2.47. The number of sulfonamides is 1. The first-order valence-corrected chi connectivity index (χ1v) is 9.41. The molecule has 0 radical (unpaired) electrons. The monoisotopic (exact) mass is 324 g/mol. The number of hydrogen-bond donors (Lipinski definition) is 1. The summed E-state index contributed by atoms with van der Waals surface area (Å²) in [7, 11) is -3.33. The van der Waals surface area contributed by atoms with E-state index < -0.39 is 16.1 Å². The van der Waals surface area contributed by atoms with Crippen LogP contribution in [0.3, 0.4) is 0 Å². The largest absolute Gasteiger partial charge is 0.348 e. The minimum absolute atomic E-state index is 0.102. The van der Waals surface area contributed by atoms with Crippen molar-refractivity contribution >= 4 is 15.9 Å². The Balaban J connectivity index is 2.05. The molecule has 1 aromatic carbocycles. The zero-order valence-corrected chi connectivity index (χ0v) is 14.0. The Morgan fingerprint density at radius 2 is 2.05 bits per heavy atom. The molecule has 1 heterocycles. The van der Waals surface area contributed by atoms with Gasteiger partial charge in [-0.2, -0.15) is 4.31 Å². The molecule has 0 aliphatic carbocycles. The van der Waals surface area contributed by atoms with Gasteiger partial charge in [-0.15, -0.1) is 0 Å². The van der Waals surface area contributed by atoms with Gasteiger partial charge in [-0.3, -0.25) is 4.79 Å². The van der Waals surface area contributed by atoms with Crippen LogP contribution in [0.25, 0.3) is 0 Å². The normalized spacial score (nSPS) is 20.7. The summed E-state index contributed by atoms with van der Waals surface area (Å²) in [6.45, 7) is 4.19.